The molecule has 0 spiro atoms. The Hall–Kier alpha value is -1.27. The Morgan fingerprint density at radius 3 is 2.09 bits per heavy atom. The molecule has 0 radical (unpaired) electrons. The van der Waals surface area contributed by atoms with Crippen molar-refractivity contribution in [1.82, 2.24) is 5.32 Å². The number of nitrogens with two attached hydrogens (primary N) is 1. The van der Waals surface area contributed by atoms with Crippen LogP contribution >= 0.6 is 12.4 Å². The van der Waals surface area contributed by atoms with Gasteiger partial charge in [0, 0.05) is 13.0 Å². The number of carbonyl (C=O) groups excluding carboxylic acids is 1. The molecule has 23 heavy (non-hydrogen) atoms. The number of benzene rings is 1. The van der Waals surface area contributed by atoms with Crippen molar-refractivity contribution in [2.45, 2.75) is 50.7 Å². The van der Waals surface area contributed by atoms with E-state index in [-0.39, 0.29) is 24.5 Å². The highest BCUT2D eigenvalue weighted by Gasteiger charge is 2.42. The van der Waals surface area contributed by atoms with Crippen LogP contribution in [0.25, 0.3) is 0 Å². The van der Waals surface area contributed by atoms with Crippen molar-refractivity contribution in [3.05, 3.63) is 35.9 Å². The van der Waals surface area contributed by atoms with Gasteiger partial charge in [-0.2, -0.15) is 13.2 Å². The maximum absolute atomic E-state index is 13.2. The molecule has 0 bridgehead atoms. The van der Waals surface area contributed by atoms with Gasteiger partial charge >= 0.3 is 6.18 Å². The number of hydrogen-bond acceptors (Lipinski definition) is 2. The molecular formula is C16H24ClF3N2O. The third-order valence-electron chi connectivity index (χ3n) is 4.14. The molecule has 1 atom stereocenters. The molecule has 3 nitrogen and oxygen atoms in total. The van der Waals surface area contributed by atoms with Gasteiger partial charge in [0.25, 0.3) is 0 Å². The van der Waals surface area contributed by atoms with Gasteiger partial charge in [-0.05, 0) is 18.4 Å². The number of nitrogens with one attached hydrogen (secondary N) is 1. The Labute approximate surface area is 141 Å². The van der Waals surface area contributed by atoms with Crippen molar-refractivity contribution in [2.75, 3.05) is 6.54 Å². The molecule has 3 N–H and O–H groups in total. The topological polar surface area (TPSA) is 55.1 Å². The van der Waals surface area contributed by atoms with E-state index in [4.69, 9.17) is 5.73 Å². The largest absolute Gasteiger partial charge is 0.396 e. The molecule has 7 heteroatoms. The van der Waals surface area contributed by atoms with Gasteiger partial charge in [-0.3, -0.25) is 4.79 Å². The lowest BCUT2D eigenvalue weighted by Crippen LogP contribution is -2.53. The highest BCUT2D eigenvalue weighted by molar-refractivity contribution is 5.85. The molecule has 1 aromatic rings. The summed E-state index contributed by atoms with van der Waals surface area (Å²) >= 11 is 0. The number of amides is 1. The normalized spacial score (nSPS) is 13.1. The minimum atomic E-state index is -4.47. The van der Waals surface area contributed by atoms with E-state index in [2.05, 4.69) is 5.32 Å². The quantitative estimate of drug-likeness (QED) is 0.784. The Morgan fingerprint density at radius 2 is 1.70 bits per heavy atom. The van der Waals surface area contributed by atoms with Crippen LogP contribution < -0.4 is 11.1 Å². The van der Waals surface area contributed by atoms with E-state index in [1.54, 1.807) is 6.07 Å². The molecule has 0 aliphatic heterocycles. The summed E-state index contributed by atoms with van der Waals surface area (Å²) in [5, 5.41) is 2.69. The van der Waals surface area contributed by atoms with Crippen LogP contribution in [0.3, 0.4) is 0 Å². The summed E-state index contributed by atoms with van der Waals surface area (Å²) in [7, 11) is 0. The Kier molecular flexibility index (Phi) is 8.63. The van der Waals surface area contributed by atoms with Crippen LogP contribution in [0.4, 0.5) is 13.2 Å². The lowest BCUT2D eigenvalue weighted by Gasteiger charge is -2.32. The average molecular weight is 353 g/mol. The fourth-order valence-electron chi connectivity index (χ4n) is 2.41. The Bertz CT molecular complexity index is 468. The van der Waals surface area contributed by atoms with Gasteiger partial charge in [-0.15, -0.1) is 12.4 Å². The van der Waals surface area contributed by atoms with E-state index < -0.39 is 30.0 Å². The first kappa shape index (κ1) is 21.7. The average Bonchev–Trinajstić information content (AvgIpc) is 2.50. The van der Waals surface area contributed by atoms with Gasteiger partial charge < -0.3 is 11.1 Å². The predicted octanol–water partition coefficient (Wildman–Crippen LogP) is 3.78. The summed E-state index contributed by atoms with van der Waals surface area (Å²) in [4.78, 5) is 12.1. The van der Waals surface area contributed by atoms with E-state index in [1.807, 2.05) is 13.8 Å². The second-order valence-electron chi connectivity index (χ2n) is 5.45. The molecular weight excluding hydrogens is 329 g/mol. The zero-order valence-corrected chi connectivity index (χ0v) is 14.1. The molecule has 0 aliphatic carbocycles. The highest BCUT2D eigenvalue weighted by atomic mass is 35.5. The van der Waals surface area contributed by atoms with Crippen LogP contribution in [0.15, 0.2) is 30.3 Å². The summed E-state index contributed by atoms with van der Waals surface area (Å²) in [5.41, 5.74) is 5.13. The van der Waals surface area contributed by atoms with Crippen molar-refractivity contribution in [2.24, 2.45) is 5.73 Å². The zero-order valence-electron chi connectivity index (χ0n) is 13.3. The third kappa shape index (κ3) is 6.03. The molecule has 132 valence electrons. The second-order valence-corrected chi connectivity index (χ2v) is 5.45. The van der Waals surface area contributed by atoms with Crippen LogP contribution in [0, 0.1) is 0 Å². The smallest absolute Gasteiger partial charge is 0.349 e. The van der Waals surface area contributed by atoms with Gasteiger partial charge in [0.1, 0.15) is 0 Å². The molecule has 0 aromatic heterocycles. The molecule has 1 aromatic carbocycles. The molecule has 0 heterocycles. The standard InChI is InChI=1S/C16H23F3N2O.ClH/c1-3-15(4-2,11-20)21-14(22)10-13(16(17,18)19)12-8-6-5-7-9-12;/h5-9,13H,3-4,10-11,20H2,1-2H3,(H,21,22);1H. The van der Waals surface area contributed by atoms with E-state index in [9.17, 15) is 18.0 Å². The van der Waals surface area contributed by atoms with Crippen molar-refractivity contribution >= 4 is 18.3 Å². The van der Waals surface area contributed by atoms with Gasteiger partial charge in [-0.25, -0.2) is 0 Å². The van der Waals surface area contributed by atoms with E-state index >= 15 is 0 Å². The monoisotopic (exact) mass is 352 g/mol. The SMILES string of the molecule is CCC(CC)(CN)NC(=O)CC(c1ccccc1)C(F)(F)F.Cl. The van der Waals surface area contributed by atoms with Crippen LogP contribution in [0.2, 0.25) is 0 Å². The first-order valence-corrected chi connectivity index (χ1v) is 7.40. The second kappa shape index (κ2) is 9.13. The highest BCUT2D eigenvalue weighted by Crippen LogP contribution is 2.37. The van der Waals surface area contributed by atoms with Crippen molar-refractivity contribution < 1.29 is 18.0 Å². The van der Waals surface area contributed by atoms with E-state index in [0.29, 0.717) is 12.8 Å². The van der Waals surface area contributed by atoms with Crippen LogP contribution in [-0.4, -0.2) is 24.2 Å². The predicted molar refractivity (Wildman–Crippen MR) is 87.6 cm³/mol. The minimum Gasteiger partial charge on any atom is -0.349 e. The summed E-state index contributed by atoms with van der Waals surface area (Å²) in [6.45, 7) is 3.91. The van der Waals surface area contributed by atoms with Crippen molar-refractivity contribution in [1.29, 1.82) is 0 Å². The van der Waals surface area contributed by atoms with Crippen LogP contribution in [0.1, 0.15) is 44.6 Å². The molecule has 0 saturated heterocycles. The molecule has 0 aliphatic rings. The minimum absolute atomic E-state index is 0. The van der Waals surface area contributed by atoms with Gasteiger partial charge in [-0.1, -0.05) is 44.2 Å². The molecule has 0 fully saturated rings. The fourth-order valence-corrected chi connectivity index (χ4v) is 2.41. The summed E-state index contributed by atoms with van der Waals surface area (Å²) in [5.74, 6) is -2.43. The number of hydrogen-bond donors (Lipinski definition) is 2. The molecule has 1 amide bonds. The molecule has 0 saturated carbocycles. The van der Waals surface area contributed by atoms with E-state index in [1.165, 1.54) is 24.3 Å². The van der Waals surface area contributed by atoms with Crippen LogP contribution in [-0.2, 0) is 4.79 Å². The molecule has 1 unspecified atom stereocenters. The van der Waals surface area contributed by atoms with E-state index in [0.717, 1.165) is 0 Å². The van der Waals surface area contributed by atoms with Gasteiger partial charge in [0.05, 0.1) is 11.5 Å². The number of alkyl halides is 3. The lowest BCUT2D eigenvalue weighted by atomic mass is 9.90. The number of rotatable bonds is 7. The summed E-state index contributed by atoms with van der Waals surface area (Å²) < 4.78 is 39.7. The Balaban J connectivity index is 0.00000484. The lowest BCUT2D eigenvalue weighted by molar-refractivity contribution is -0.157. The fraction of sp³-hybridized carbons (Fsp3) is 0.562. The van der Waals surface area contributed by atoms with Crippen molar-refractivity contribution in [3.63, 3.8) is 0 Å². The first-order valence-electron chi connectivity index (χ1n) is 7.40. The Morgan fingerprint density at radius 1 is 1.17 bits per heavy atom. The number of carbonyl (C=O) groups is 1. The third-order valence-corrected chi connectivity index (χ3v) is 4.14. The maximum Gasteiger partial charge on any atom is 0.396 e. The van der Waals surface area contributed by atoms with Crippen LogP contribution in [0.5, 0.6) is 0 Å². The van der Waals surface area contributed by atoms with Gasteiger partial charge in [0.15, 0.2) is 0 Å². The summed E-state index contributed by atoms with van der Waals surface area (Å²) in [6, 6.07) is 7.50. The van der Waals surface area contributed by atoms with Crippen molar-refractivity contribution in [3.8, 4) is 0 Å². The molecule has 1 rings (SSSR count). The maximum atomic E-state index is 13.2. The first-order chi connectivity index (χ1) is 10.3. The zero-order chi connectivity index (χ0) is 16.8. The summed E-state index contributed by atoms with van der Waals surface area (Å²) in [6.07, 6.45) is -3.95. The van der Waals surface area contributed by atoms with Gasteiger partial charge in [0.2, 0.25) is 5.91 Å². The number of halogens is 4.